The van der Waals surface area contributed by atoms with Gasteiger partial charge < -0.3 is 10.5 Å². The predicted octanol–water partition coefficient (Wildman–Crippen LogP) is 1.59. The van der Waals surface area contributed by atoms with E-state index in [9.17, 15) is 9.18 Å². The zero-order chi connectivity index (χ0) is 9.14. The van der Waals surface area contributed by atoms with Crippen molar-refractivity contribution in [1.29, 1.82) is 0 Å². The fourth-order valence-electron chi connectivity index (χ4n) is 0.797. The van der Waals surface area contributed by atoms with Crippen LogP contribution < -0.4 is 10.5 Å². The van der Waals surface area contributed by atoms with Crippen molar-refractivity contribution < 1.29 is 13.9 Å². The molecule has 1 rings (SSSR count). The summed E-state index contributed by atoms with van der Waals surface area (Å²) in [5.41, 5.74) is 5.46. The smallest absolute Gasteiger partial charge is 0.407 e. The van der Waals surface area contributed by atoms with Crippen LogP contribution in [-0.4, -0.2) is 6.09 Å². The Bertz CT molecular complexity index is 312. The second-order valence-corrected chi connectivity index (χ2v) is 2.35. The number of amides is 1. The molecule has 0 atom stereocenters. The molecule has 2 N–H and O–H groups in total. The molecule has 0 radical (unpaired) electrons. The number of hydrogen-bond donors (Lipinski definition) is 1. The van der Waals surface area contributed by atoms with E-state index in [0.717, 1.165) is 5.56 Å². The van der Waals surface area contributed by atoms with E-state index in [-0.39, 0.29) is 5.75 Å². The lowest BCUT2D eigenvalue weighted by atomic mass is 10.2. The van der Waals surface area contributed by atoms with Crippen molar-refractivity contribution in [2.24, 2.45) is 5.73 Å². The molecule has 0 heterocycles. The first kappa shape index (κ1) is 8.52. The number of hydrogen-bond acceptors (Lipinski definition) is 2. The van der Waals surface area contributed by atoms with Crippen molar-refractivity contribution in [1.82, 2.24) is 0 Å². The summed E-state index contributed by atoms with van der Waals surface area (Å²) >= 11 is 0. The van der Waals surface area contributed by atoms with Crippen molar-refractivity contribution in [3.8, 4) is 5.75 Å². The normalized spacial score (nSPS) is 9.50. The molecule has 3 nitrogen and oxygen atoms in total. The van der Waals surface area contributed by atoms with Crippen LogP contribution in [-0.2, 0) is 0 Å². The van der Waals surface area contributed by atoms with Crippen molar-refractivity contribution in [2.45, 2.75) is 6.92 Å². The van der Waals surface area contributed by atoms with Crippen molar-refractivity contribution in [3.63, 3.8) is 0 Å². The van der Waals surface area contributed by atoms with E-state index in [0.29, 0.717) is 0 Å². The van der Waals surface area contributed by atoms with E-state index in [1.54, 1.807) is 13.0 Å². The molecule has 1 aromatic rings. The van der Waals surface area contributed by atoms with Gasteiger partial charge in [-0.2, -0.15) is 0 Å². The lowest BCUT2D eigenvalue weighted by Crippen LogP contribution is -2.16. The average molecular weight is 169 g/mol. The number of benzene rings is 1. The maximum atomic E-state index is 12.9. The highest BCUT2D eigenvalue weighted by molar-refractivity contribution is 5.68. The van der Waals surface area contributed by atoms with Gasteiger partial charge in [0.05, 0.1) is 0 Å². The lowest BCUT2D eigenvalue weighted by molar-refractivity contribution is 0.208. The molecule has 0 unspecified atom stereocenters. The number of halogens is 1. The standard InChI is InChI=1S/C8H8FNO2/c1-5-2-3-7(6(9)4-5)12-8(10)11/h2-4H,1H3,(H2,10,11). The van der Waals surface area contributed by atoms with Gasteiger partial charge in [0, 0.05) is 0 Å². The SMILES string of the molecule is Cc1ccc(OC(N)=O)c(F)c1. The molecule has 4 heteroatoms. The van der Waals surface area contributed by atoms with Crippen LogP contribution in [0.4, 0.5) is 9.18 Å². The Morgan fingerprint density at radius 2 is 2.25 bits per heavy atom. The van der Waals surface area contributed by atoms with E-state index in [1.807, 2.05) is 0 Å². The van der Waals surface area contributed by atoms with Crippen LogP contribution in [0.2, 0.25) is 0 Å². The summed E-state index contributed by atoms with van der Waals surface area (Å²) in [6.07, 6.45) is -1.02. The van der Waals surface area contributed by atoms with Gasteiger partial charge in [0.2, 0.25) is 0 Å². The third kappa shape index (κ3) is 1.95. The summed E-state index contributed by atoms with van der Waals surface area (Å²) in [6, 6.07) is 4.25. The predicted molar refractivity (Wildman–Crippen MR) is 41.3 cm³/mol. The molecule has 1 aromatic carbocycles. The van der Waals surface area contributed by atoms with Crippen LogP contribution in [0.1, 0.15) is 5.56 Å². The van der Waals surface area contributed by atoms with E-state index in [1.165, 1.54) is 12.1 Å². The van der Waals surface area contributed by atoms with Crippen LogP contribution >= 0.6 is 0 Å². The molecule has 0 spiro atoms. The Kier molecular flexibility index (Phi) is 2.28. The molecule has 0 aliphatic rings. The topological polar surface area (TPSA) is 52.3 Å². The van der Waals surface area contributed by atoms with Gasteiger partial charge in [0.25, 0.3) is 0 Å². The Labute approximate surface area is 68.9 Å². The maximum Gasteiger partial charge on any atom is 0.410 e. The summed E-state index contributed by atoms with van der Waals surface area (Å²) in [5.74, 6) is -0.734. The highest BCUT2D eigenvalue weighted by Crippen LogP contribution is 2.17. The monoisotopic (exact) mass is 169 g/mol. The van der Waals surface area contributed by atoms with Gasteiger partial charge >= 0.3 is 6.09 Å². The third-order valence-electron chi connectivity index (χ3n) is 1.30. The van der Waals surface area contributed by atoms with E-state index < -0.39 is 11.9 Å². The molecule has 0 fully saturated rings. The average Bonchev–Trinajstić information content (AvgIpc) is 1.94. The van der Waals surface area contributed by atoms with Gasteiger partial charge in [-0.25, -0.2) is 9.18 Å². The van der Waals surface area contributed by atoms with Gasteiger partial charge in [-0.05, 0) is 24.6 Å². The molecule has 0 saturated heterocycles. The number of nitrogens with two attached hydrogens (primary N) is 1. The van der Waals surface area contributed by atoms with Gasteiger partial charge in [0.1, 0.15) is 0 Å². The van der Waals surface area contributed by atoms with Crippen LogP contribution in [0.5, 0.6) is 5.75 Å². The minimum Gasteiger partial charge on any atom is -0.407 e. The van der Waals surface area contributed by atoms with Gasteiger partial charge in [-0.15, -0.1) is 0 Å². The number of carbonyl (C=O) groups excluding carboxylic acids is 1. The molecule has 12 heavy (non-hydrogen) atoms. The van der Waals surface area contributed by atoms with Crippen molar-refractivity contribution in [2.75, 3.05) is 0 Å². The molecule has 0 aromatic heterocycles. The second kappa shape index (κ2) is 3.21. The zero-order valence-electron chi connectivity index (χ0n) is 6.50. The van der Waals surface area contributed by atoms with Gasteiger partial charge in [-0.1, -0.05) is 6.07 Å². The largest absolute Gasteiger partial charge is 0.410 e. The number of rotatable bonds is 1. The summed E-state index contributed by atoms with van der Waals surface area (Å²) in [7, 11) is 0. The molecule has 0 aliphatic carbocycles. The first-order valence-electron chi connectivity index (χ1n) is 3.33. The molecule has 0 bridgehead atoms. The van der Waals surface area contributed by atoms with Crippen molar-refractivity contribution in [3.05, 3.63) is 29.6 Å². The number of carbonyl (C=O) groups is 1. The van der Waals surface area contributed by atoms with Crippen LogP contribution in [0.3, 0.4) is 0 Å². The summed E-state index contributed by atoms with van der Waals surface area (Å²) in [5, 5.41) is 0. The lowest BCUT2D eigenvalue weighted by Gasteiger charge is -2.01. The first-order chi connectivity index (χ1) is 5.59. The molecule has 0 saturated carbocycles. The molecule has 1 amide bonds. The fraction of sp³-hybridized carbons (Fsp3) is 0.125. The quantitative estimate of drug-likeness (QED) is 0.694. The first-order valence-corrected chi connectivity index (χ1v) is 3.33. The van der Waals surface area contributed by atoms with E-state index in [4.69, 9.17) is 5.73 Å². The minimum atomic E-state index is -1.02. The van der Waals surface area contributed by atoms with Gasteiger partial charge in [-0.3, -0.25) is 0 Å². The van der Waals surface area contributed by atoms with Crippen LogP contribution in [0.25, 0.3) is 0 Å². The Morgan fingerprint density at radius 3 is 2.75 bits per heavy atom. The van der Waals surface area contributed by atoms with Crippen LogP contribution in [0.15, 0.2) is 18.2 Å². The molecular formula is C8H8FNO2. The summed E-state index contributed by atoms with van der Waals surface area (Å²) < 4.78 is 17.2. The third-order valence-corrected chi connectivity index (χ3v) is 1.30. The summed E-state index contributed by atoms with van der Waals surface area (Å²) in [6.45, 7) is 1.73. The minimum absolute atomic E-state index is 0.145. The van der Waals surface area contributed by atoms with Crippen LogP contribution in [0, 0.1) is 12.7 Å². The Morgan fingerprint density at radius 1 is 1.58 bits per heavy atom. The second-order valence-electron chi connectivity index (χ2n) is 2.35. The highest BCUT2D eigenvalue weighted by Gasteiger charge is 2.05. The zero-order valence-corrected chi connectivity index (χ0v) is 6.50. The number of ether oxygens (including phenoxy) is 1. The summed E-state index contributed by atoms with van der Waals surface area (Å²) in [4.78, 5) is 10.2. The fourth-order valence-corrected chi connectivity index (χ4v) is 0.797. The van der Waals surface area contributed by atoms with E-state index in [2.05, 4.69) is 4.74 Å². The Balaban J connectivity index is 2.93. The molecular weight excluding hydrogens is 161 g/mol. The van der Waals surface area contributed by atoms with E-state index >= 15 is 0 Å². The maximum absolute atomic E-state index is 12.9. The van der Waals surface area contributed by atoms with Crippen molar-refractivity contribution >= 4 is 6.09 Å². The highest BCUT2D eigenvalue weighted by atomic mass is 19.1. The Hall–Kier alpha value is -1.58. The van der Waals surface area contributed by atoms with Gasteiger partial charge in [0.15, 0.2) is 11.6 Å². The molecule has 0 aliphatic heterocycles. The molecule has 64 valence electrons. The number of aryl methyl sites for hydroxylation is 1. The number of primary amides is 1.